The lowest BCUT2D eigenvalue weighted by Crippen LogP contribution is -2.19. The first-order valence-electron chi connectivity index (χ1n) is 7.48. The third kappa shape index (κ3) is 5.30. The maximum atomic E-state index is 12.3. The molecule has 0 saturated heterocycles. The van der Waals surface area contributed by atoms with E-state index in [2.05, 4.69) is 9.84 Å². The summed E-state index contributed by atoms with van der Waals surface area (Å²) in [5.74, 6) is -3.38. The summed E-state index contributed by atoms with van der Waals surface area (Å²) in [7, 11) is 0. The number of ketones is 1. The van der Waals surface area contributed by atoms with Crippen molar-refractivity contribution in [1.82, 2.24) is 9.78 Å². The summed E-state index contributed by atoms with van der Waals surface area (Å²) in [6, 6.07) is 5.09. The Balaban J connectivity index is 2.21. The molecule has 1 heterocycles. The highest BCUT2D eigenvalue weighted by Crippen LogP contribution is 2.23. The van der Waals surface area contributed by atoms with Gasteiger partial charge in [-0.25, -0.2) is 14.3 Å². The van der Waals surface area contributed by atoms with Crippen LogP contribution in [0.1, 0.15) is 38.3 Å². The molecule has 0 aliphatic carbocycles. The number of Topliss-reactive ketones (excluding diaryl/α,β-unsaturated/α-hetero) is 1. The molecule has 0 fully saturated rings. The summed E-state index contributed by atoms with van der Waals surface area (Å²) in [5.41, 5.74) is -0.675. The minimum Gasteiger partial charge on any atom is -0.476 e. The molecule has 0 unspecified atom stereocenters. The fourth-order valence-electron chi connectivity index (χ4n) is 2.08. The second-order valence-corrected chi connectivity index (χ2v) is 5.09. The fraction of sp³-hybridized carbons (Fsp3) is 0.250. The monoisotopic (exact) mass is 386 g/mol. The van der Waals surface area contributed by atoms with Gasteiger partial charge in [-0.2, -0.15) is 5.10 Å². The Bertz CT molecular complexity index is 858. The third-order valence-corrected chi connectivity index (χ3v) is 3.19. The number of hydrogen-bond acceptors (Lipinski definition) is 6. The van der Waals surface area contributed by atoms with E-state index in [9.17, 15) is 27.6 Å². The van der Waals surface area contributed by atoms with Crippen LogP contribution in [0.3, 0.4) is 0 Å². The van der Waals surface area contributed by atoms with E-state index < -0.39 is 42.1 Å². The summed E-state index contributed by atoms with van der Waals surface area (Å²) >= 11 is 0. The van der Waals surface area contributed by atoms with Crippen LogP contribution in [-0.2, 0) is 11.3 Å². The lowest BCUT2D eigenvalue weighted by Gasteiger charge is -2.09. The van der Waals surface area contributed by atoms with Crippen LogP contribution < -0.4 is 4.74 Å². The lowest BCUT2D eigenvalue weighted by atomic mass is 10.1. The molecule has 0 aliphatic rings. The Labute approximate surface area is 150 Å². The van der Waals surface area contributed by atoms with E-state index in [4.69, 9.17) is 9.84 Å². The van der Waals surface area contributed by atoms with Crippen molar-refractivity contribution < 1.29 is 42.1 Å². The normalized spacial score (nSPS) is 11.1. The van der Waals surface area contributed by atoms with E-state index >= 15 is 0 Å². The molecule has 27 heavy (non-hydrogen) atoms. The first-order chi connectivity index (χ1) is 12.6. The maximum Gasteiger partial charge on any atom is 0.573 e. The molecule has 0 bridgehead atoms. The van der Waals surface area contributed by atoms with Crippen LogP contribution in [0.5, 0.6) is 5.75 Å². The summed E-state index contributed by atoms with van der Waals surface area (Å²) in [4.78, 5) is 35.2. The van der Waals surface area contributed by atoms with Gasteiger partial charge in [-0.05, 0) is 31.2 Å². The number of carbonyl (C=O) groups is 3. The number of benzene rings is 1. The number of nitrogens with zero attached hydrogens (tertiary/aromatic N) is 2. The van der Waals surface area contributed by atoms with Crippen molar-refractivity contribution in [1.29, 1.82) is 0 Å². The van der Waals surface area contributed by atoms with Gasteiger partial charge in [0, 0.05) is 11.6 Å². The second-order valence-electron chi connectivity index (χ2n) is 5.09. The number of esters is 1. The summed E-state index contributed by atoms with van der Waals surface area (Å²) in [5, 5.41) is 12.7. The van der Waals surface area contributed by atoms with Crippen LogP contribution in [0.15, 0.2) is 30.3 Å². The molecule has 8 nitrogen and oxygen atoms in total. The van der Waals surface area contributed by atoms with Gasteiger partial charge >= 0.3 is 18.3 Å². The molecule has 1 N–H and O–H groups in total. The number of hydrogen-bond donors (Lipinski definition) is 1. The third-order valence-electron chi connectivity index (χ3n) is 3.19. The molecule has 0 radical (unpaired) electrons. The van der Waals surface area contributed by atoms with Gasteiger partial charge < -0.3 is 14.6 Å². The molecule has 0 atom stereocenters. The van der Waals surface area contributed by atoms with Crippen LogP contribution in [-0.4, -0.2) is 45.6 Å². The van der Waals surface area contributed by atoms with E-state index in [1.165, 1.54) is 0 Å². The first-order valence-corrected chi connectivity index (χ1v) is 7.48. The number of alkyl halides is 3. The van der Waals surface area contributed by atoms with Crippen LogP contribution >= 0.6 is 0 Å². The second kappa shape index (κ2) is 7.89. The molecule has 0 saturated carbocycles. The van der Waals surface area contributed by atoms with E-state index in [1.54, 1.807) is 6.92 Å². The topological polar surface area (TPSA) is 108 Å². The van der Waals surface area contributed by atoms with E-state index in [0.29, 0.717) is 0 Å². The molecular formula is C16H13F3N2O6. The summed E-state index contributed by atoms with van der Waals surface area (Å²) < 4.78 is 45.8. The van der Waals surface area contributed by atoms with Gasteiger partial charge in [0.25, 0.3) is 0 Å². The van der Waals surface area contributed by atoms with Gasteiger partial charge in [-0.1, -0.05) is 0 Å². The largest absolute Gasteiger partial charge is 0.573 e. The van der Waals surface area contributed by atoms with Gasteiger partial charge in [-0.3, -0.25) is 4.79 Å². The molecule has 2 aromatic rings. The molecule has 0 spiro atoms. The molecule has 11 heteroatoms. The van der Waals surface area contributed by atoms with Crippen molar-refractivity contribution in [3.63, 3.8) is 0 Å². The van der Waals surface area contributed by atoms with Gasteiger partial charge in [0.05, 0.1) is 6.61 Å². The minimum absolute atomic E-state index is 0.0201. The average Bonchev–Trinajstić information content (AvgIpc) is 2.98. The van der Waals surface area contributed by atoms with Gasteiger partial charge in [-0.15, -0.1) is 13.2 Å². The predicted octanol–water partition coefficient (Wildman–Crippen LogP) is 2.54. The number of rotatable bonds is 7. The molecular weight excluding hydrogens is 373 g/mol. The molecule has 144 valence electrons. The summed E-state index contributed by atoms with van der Waals surface area (Å²) in [6.07, 6.45) is -4.86. The Kier molecular flexibility index (Phi) is 5.83. The van der Waals surface area contributed by atoms with Crippen molar-refractivity contribution in [3.05, 3.63) is 47.3 Å². The molecule has 0 amide bonds. The quantitative estimate of drug-likeness (QED) is 0.575. The zero-order valence-electron chi connectivity index (χ0n) is 13.8. The van der Waals surface area contributed by atoms with Crippen LogP contribution in [0.25, 0.3) is 0 Å². The van der Waals surface area contributed by atoms with Crippen LogP contribution in [0, 0.1) is 0 Å². The average molecular weight is 386 g/mol. The highest BCUT2D eigenvalue weighted by Gasteiger charge is 2.31. The number of aromatic nitrogens is 2. The Hall–Kier alpha value is -3.37. The molecule has 1 aromatic carbocycles. The highest BCUT2D eigenvalue weighted by atomic mass is 19.4. The molecule has 2 rings (SSSR count). The number of carboxylic acid groups (broad SMARTS) is 1. The van der Waals surface area contributed by atoms with Crippen LogP contribution in [0.4, 0.5) is 13.2 Å². The zero-order chi connectivity index (χ0) is 20.2. The SMILES string of the molecule is CCOC(=O)c1cc(C(=O)O)nn1CC(=O)c1ccc(OC(F)(F)F)cc1. The fourth-order valence-corrected chi connectivity index (χ4v) is 2.08. The Morgan fingerprint density at radius 3 is 2.33 bits per heavy atom. The Morgan fingerprint density at radius 1 is 1.19 bits per heavy atom. The van der Waals surface area contributed by atoms with E-state index in [0.717, 1.165) is 35.0 Å². The van der Waals surface area contributed by atoms with Crippen molar-refractivity contribution in [2.75, 3.05) is 6.61 Å². The van der Waals surface area contributed by atoms with Crippen molar-refractivity contribution >= 4 is 17.7 Å². The smallest absolute Gasteiger partial charge is 0.476 e. The number of carboxylic acids is 1. The van der Waals surface area contributed by atoms with E-state index in [-0.39, 0.29) is 17.9 Å². The minimum atomic E-state index is -4.86. The van der Waals surface area contributed by atoms with Crippen molar-refractivity contribution in [2.45, 2.75) is 19.8 Å². The van der Waals surface area contributed by atoms with Crippen molar-refractivity contribution in [2.24, 2.45) is 0 Å². The van der Waals surface area contributed by atoms with E-state index in [1.807, 2.05) is 0 Å². The lowest BCUT2D eigenvalue weighted by molar-refractivity contribution is -0.274. The molecule has 1 aromatic heterocycles. The standard InChI is InChI=1S/C16H13F3N2O6/c1-2-26-15(25)12-7-11(14(23)24)20-21(12)8-13(22)9-3-5-10(6-4-9)27-16(17,18)19/h3-7H,2,8H2,1H3,(H,23,24). The first kappa shape index (κ1) is 19.9. The van der Waals surface area contributed by atoms with Gasteiger partial charge in [0.2, 0.25) is 0 Å². The number of aromatic carboxylic acids is 1. The van der Waals surface area contributed by atoms with Gasteiger partial charge in [0.1, 0.15) is 18.0 Å². The zero-order valence-corrected chi connectivity index (χ0v) is 13.8. The summed E-state index contributed by atoms with van der Waals surface area (Å²) in [6.45, 7) is 1.06. The maximum absolute atomic E-state index is 12.3. The predicted molar refractivity (Wildman–Crippen MR) is 82.6 cm³/mol. The van der Waals surface area contributed by atoms with Crippen molar-refractivity contribution in [3.8, 4) is 5.75 Å². The number of carbonyl (C=O) groups excluding carboxylic acids is 2. The number of halogens is 3. The highest BCUT2D eigenvalue weighted by molar-refractivity contribution is 5.97. The molecule has 0 aliphatic heterocycles. The van der Waals surface area contributed by atoms with Crippen LogP contribution in [0.2, 0.25) is 0 Å². The Morgan fingerprint density at radius 2 is 1.81 bits per heavy atom. The number of ether oxygens (including phenoxy) is 2. The van der Waals surface area contributed by atoms with Gasteiger partial charge in [0.15, 0.2) is 11.5 Å².